The lowest BCUT2D eigenvalue weighted by atomic mass is 10.0. The predicted octanol–water partition coefficient (Wildman–Crippen LogP) is 24.0. The van der Waals surface area contributed by atoms with Gasteiger partial charge in [-0.1, -0.05) is 306 Å². The molecule has 0 aromatic heterocycles. The quantitative estimate of drug-likeness (QED) is 0.0146. The van der Waals surface area contributed by atoms with Gasteiger partial charge in [0.15, 0.2) is 6.10 Å². The first-order valence-corrected chi connectivity index (χ1v) is 43.4. The van der Waals surface area contributed by atoms with Gasteiger partial charge in [-0.05, 0) is 148 Å². The first-order chi connectivity index (χ1) is 51.2. The van der Waals surface area contributed by atoms with Crippen molar-refractivity contribution in [1.29, 1.82) is 0 Å². The Balaban J connectivity index is 4.51. The van der Waals surface area contributed by atoms with E-state index in [4.69, 9.17) is 32.3 Å². The molecule has 0 aliphatic heterocycles. The highest BCUT2D eigenvalue weighted by Crippen LogP contribution is 2.45. The molecule has 16 nitrogen and oxygen atoms in total. The second-order valence-electron chi connectivity index (χ2n) is 26.4. The summed E-state index contributed by atoms with van der Waals surface area (Å²) in [6.45, 7) is 2.27. The van der Waals surface area contributed by atoms with E-state index in [-0.39, 0.29) is 19.3 Å². The number of ether oxygens (including phenoxy) is 3. The zero-order valence-corrected chi connectivity index (χ0v) is 67.1. The molecule has 0 rings (SSSR count). The number of unbranched alkanes of at least 4 members (excludes halogenated alkanes) is 24. The maximum atomic E-state index is 13.0. The average Bonchev–Trinajstić information content (AvgIpc) is 0.911. The molecule has 0 amide bonds. The zero-order chi connectivity index (χ0) is 76.6. The molecule has 5 atom stereocenters. The minimum Gasteiger partial charge on any atom is -0.463 e. The number of carbonyl (C=O) groups excluding carboxylic acids is 3. The van der Waals surface area contributed by atoms with Gasteiger partial charge in [0.25, 0.3) is 0 Å². The van der Waals surface area contributed by atoms with E-state index in [1.54, 1.807) is 0 Å². The van der Waals surface area contributed by atoms with Crippen LogP contribution in [0.1, 0.15) is 303 Å². The van der Waals surface area contributed by atoms with Crippen molar-refractivity contribution in [1.82, 2.24) is 0 Å². The second kappa shape index (κ2) is 78.5. The van der Waals surface area contributed by atoms with Crippen LogP contribution in [0.3, 0.4) is 0 Å². The summed E-state index contributed by atoms with van der Waals surface area (Å²) in [5, 5.41) is 20.7. The van der Waals surface area contributed by atoms with Crippen molar-refractivity contribution in [3.05, 3.63) is 170 Å². The topological polar surface area (TPSA) is 231 Å². The third-order valence-electron chi connectivity index (χ3n) is 16.4. The Morgan fingerprint density at radius 3 is 0.762 bits per heavy atom. The maximum Gasteiger partial charge on any atom is 0.472 e. The van der Waals surface area contributed by atoms with Crippen molar-refractivity contribution in [2.45, 2.75) is 322 Å². The minimum absolute atomic E-state index is 0.0634. The molecule has 5 unspecified atom stereocenters. The van der Waals surface area contributed by atoms with Gasteiger partial charge in [-0.25, -0.2) is 9.13 Å². The molecule has 0 aliphatic rings. The molecule has 598 valence electrons. The Bertz CT molecular complexity index is 2590. The Morgan fingerprint density at radius 2 is 0.476 bits per heavy atom. The minimum atomic E-state index is -4.95. The zero-order valence-electron chi connectivity index (χ0n) is 65.3. The van der Waals surface area contributed by atoms with Crippen LogP contribution in [0.15, 0.2) is 170 Å². The molecule has 0 aromatic rings. The van der Waals surface area contributed by atoms with Gasteiger partial charge in [-0.15, -0.1) is 0 Å². The third-order valence-corrected chi connectivity index (χ3v) is 18.3. The molecule has 0 spiro atoms. The number of allylic oxidation sites excluding steroid dienone is 28. The van der Waals surface area contributed by atoms with Crippen molar-refractivity contribution >= 4 is 33.6 Å². The maximum absolute atomic E-state index is 13.0. The molecule has 4 N–H and O–H groups in total. The molecular weight excluding hydrogens is 1360 g/mol. The fourth-order valence-corrected chi connectivity index (χ4v) is 12.0. The SMILES string of the molecule is CC/C=C\C/C=C\C/C=C\C/C=C\C/C=C\CCCCCCCCCCCCCCCCCCCC(=O)OCC(O)COP(=O)(O)OCC(O)COP(=O)(O)OCC(COC(=O)CCCCC/C=C\C/C=C\C/C=C\C/C=C\C/C=C\CC)OC(=O)CCCCCC/C=C\C/C=C\C/C=C\C/C=C\CC. The molecule has 18 heteroatoms. The lowest BCUT2D eigenvalue weighted by Crippen LogP contribution is -2.30. The molecule has 0 heterocycles. The number of phosphoric acid groups is 2. The van der Waals surface area contributed by atoms with Crippen molar-refractivity contribution < 1.29 is 75.8 Å². The molecule has 0 bridgehead atoms. The lowest BCUT2D eigenvalue weighted by molar-refractivity contribution is -0.161. The number of carbonyl (C=O) groups is 3. The number of esters is 3. The van der Waals surface area contributed by atoms with Gasteiger partial charge in [0.2, 0.25) is 0 Å². The van der Waals surface area contributed by atoms with Gasteiger partial charge in [-0.2, -0.15) is 0 Å². The molecule has 105 heavy (non-hydrogen) atoms. The molecule has 0 fully saturated rings. The van der Waals surface area contributed by atoms with Crippen LogP contribution in [-0.4, -0.2) is 95.9 Å². The molecule has 0 aliphatic carbocycles. The summed E-state index contributed by atoms with van der Waals surface area (Å²) in [7, 11) is -9.82. The Kier molecular flexibility index (Phi) is 74.7. The Hall–Kier alpha value is -5.09. The number of phosphoric ester groups is 2. The van der Waals surface area contributed by atoms with E-state index in [1.165, 1.54) is 89.9 Å². The van der Waals surface area contributed by atoms with Crippen LogP contribution < -0.4 is 0 Å². The summed E-state index contributed by atoms with van der Waals surface area (Å²) < 4.78 is 61.1. The monoisotopic (exact) mass is 1510 g/mol. The summed E-state index contributed by atoms with van der Waals surface area (Å²) in [5.74, 6) is -1.65. The highest BCUT2D eigenvalue weighted by Gasteiger charge is 2.29. The highest BCUT2D eigenvalue weighted by atomic mass is 31.2. The van der Waals surface area contributed by atoms with Crippen LogP contribution in [0.4, 0.5) is 0 Å². The first kappa shape index (κ1) is 99.9. The van der Waals surface area contributed by atoms with E-state index >= 15 is 0 Å². The summed E-state index contributed by atoms with van der Waals surface area (Å²) in [4.78, 5) is 58.7. The van der Waals surface area contributed by atoms with Crippen LogP contribution >= 0.6 is 15.6 Å². The highest BCUT2D eigenvalue weighted by molar-refractivity contribution is 7.47. The average molecular weight is 1510 g/mol. The normalized spacial score (nSPS) is 14.8. The number of rotatable bonds is 75. The van der Waals surface area contributed by atoms with Crippen LogP contribution in [0.5, 0.6) is 0 Å². The number of aliphatic hydroxyl groups excluding tert-OH is 2. The number of hydrogen-bond acceptors (Lipinski definition) is 14. The second-order valence-corrected chi connectivity index (χ2v) is 29.3. The van der Waals surface area contributed by atoms with Crippen LogP contribution in [0, 0.1) is 0 Å². The van der Waals surface area contributed by atoms with E-state index in [0.717, 1.165) is 154 Å². The molecule has 0 saturated carbocycles. The lowest BCUT2D eigenvalue weighted by Gasteiger charge is -2.21. The fourth-order valence-electron chi connectivity index (χ4n) is 10.4. The van der Waals surface area contributed by atoms with Gasteiger partial charge in [0.1, 0.15) is 25.4 Å². The van der Waals surface area contributed by atoms with E-state index in [0.29, 0.717) is 19.3 Å². The molecular formula is C87H144O16P2. The van der Waals surface area contributed by atoms with Crippen molar-refractivity contribution in [3.63, 3.8) is 0 Å². The van der Waals surface area contributed by atoms with Gasteiger partial charge in [0, 0.05) is 19.3 Å². The van der Waals surface area contributed by atoms with E-state index in [2.05, 4.69) is 191 Å². The van der Waals surface area contributed by atoms with Gasteiger partial charge in [0.05, 0.1) is 26.4 Å². The predicted molar refractivity (Wildman–Crippen MR) is 435 cm³/mol. The smallest absolute Gasteiger partial charge is 0.463 e. The van der Waals surface area contributed by atoms with Crippen LogP contribution in [0.2, 0.25) is 0 Å². The van der Waals surface area contributed by atoms with Crippen molar-refractivity contribution in [2.24, 2.45) is 0 Å². The molecule has 0 radical (unpaired) electrons. The standard InChI is InChI=1S/C87H144O16P2/c1-4-7-10-13-16-19-22-25-28-31-33-34-35-36-37-38-39-40-41-42-43-44-45-46-48-51-52-55-58-61-64-67-70-73-85(90)97-76-82(88)77-99-104(93,94)100-78-83(89)79-101-105(95,96)102-81-84(103-87(92)75-72-69-66-63-60-57-54-49-30-27-24-21-18-15-12-9-6-3)80-98-86(91)74-71-68-65-62-59-56-53-50-47-32-29-26-23-20-17-14-11-8-5-2/h7-12,16-21,25-30,33-34,36-37,47,50,54,56-57,59,82-84,88-89H,4-6,13-15,22-24,31-32,35,38-46,48-49,51-53,55,58,60-81H2,1-3H3,(H,93,94)(H,95,96)/b10-7-,11-8-,12-9-,19-16-,20-17-,21-18-,28-25-,29-26-,30-27-,34-33-,37-36-,50-47-,57-54-,59-56-. The molecule has 0 aromatic carbocycles. The van der Waals surface area contributed by atoms with E-state index in [9.17, 15) is 43.5 Å². The van der Waals surface area contributed by atoms with Crippen LogP contribution in [0.25, 0.3) is 0 Å². The Morgan fingerprint density at radius 1 is 0.267 bits per heavy atom. The summed E-state index contributed by atoms with van der Waals surface area (Å²) >= 11 is 0. The van der Waals surface area contributed by atoms with Crippen molar-refractivity contribution in [2.75, 3.05) is 39.6 Å². The van der Waals surface area contributed by atoms with Crippen LogP contribution in [-0.2, 0) is 55.8 Å². The largest absolute Gasteiger partial charge is 0.472 e. The first-order valence-electron chi connectivity index (χ1n) is 40.4. The van der Waals surface area contributed by atoms with Gasteiger partial charge >= 0.3 is 33.6 Å². The third kappa shape index (κ3) is 79.8. The van der Waals surface area contributed by atoms with Gasteiger partial charge in [-0.3, -0.25) is 32.5 Å². The van der Waals surface area contributed by atoms with E-state index in [1.807, 2.05) is 0 Å². The summed E-state index contributed by atoms with van der Waals surface area (Å²) in [5.41, 5.74) is 0. The Labute approximate surface area is 637 Å². The number of aliphatic hydroxyl groups is 2. The fraction of sp³-hybridized carbons (Fsp3) is 0.644. The number of hydrogen-bond donors (Lipinski definition) is 4. The molecule has 0 saturated heterocycles. The van der Waals surface area contributed by atoms with E-state index < -0.39 is 91.5 Å². The van der Waals surface area contributed by atoms with Crippen molar-refractivity contribution in [3.8, 4) is 0 Å². The van der Waals surface area contributed by atoms with Gasteiger partial charge < -0.3 is 34.2 Å². The summed E-state index contributed by atoms with van der Waals surface area (Å²) in [6.07, 6.45) is 99.9. The summed E-state index contributed by atoms with van der Waals surface area (Å²) in [6, 6.07) is 0.